The number of pyridine rings is 1. The van der Waals surface area contributed by atoms with E-state index in [4.69, 9.17) is 21.1 Å². The Bertz CT molecular complexity index is 645. The van der Waals surface area contributed by atoms with Crippen LogP contribution in [0.4, 0.5) is 0 Å². The third-order valence-electron chi connectivity index (χ3n) is 2.73. The number of alkyl halides is 1. The number of nitrogens with zero attached hydrogens (tertiary/aromatic N) is 1. The van der Waals surface area contributed by atoms with Crippen molar-refractivity contribution in [2.24, 2.45) is 0 Å². The highest BCUT2D eigenvalue weighted by atomic mass is 79.9. The van der Waals surface area contributed by atoms with Gasteiger partial charge in [0, 0.05) is 16.3 Å². The standard InChI is InChI=1S/C13H11BrClNO3/c1-18-12-9(6-14)11(15)8-5-7(13(17)19-2)3-4-10(8)16-12/h3-5H,6H2,1-2H3. The fraction of sp³-hybridized carbons (Fsp3) is 0.231. The van der Waals surface area contributed by atoms with Crippen LogP contribution in [0.15, 0.2) is 18.2 Å². The second-order valence-electron chi connectivity index (χ2n) is 3.77. The maximum Gasteiger partial charge on any atom is 0.337 e. The minimum Gasteiger partial charge on any atom is -0.481 e. The summed E-state index contributed by atoms with van der Waals surface area (Å²) >= 11 is 9.69. The van der Waals surface area contributed by atoms with Gasteiger partial charge in [0.25, 0.3) is 0 Å². The van der Waals surface area contributed by atoms with E-state index in [0.717, 1.165) is 5.56 Å². The minimum absolute atomic E-state index is 0.408. The molecular formula is C13H11BrClNO3. The molecule has 6 heteroatoms. The van der Waals surface area contributed by atoms with Gasteiger partial charge in [0.2, 0.25) is 5.88 Å². The summed E-state index contributed by atoms with van der Waals surface area (Å²) in [5.74, 6) is 0.0642. The quantitative estimate of drug-likeness (QED) is 0.631. The number of benzene rings is 1. The third kappa shape index (κ3) is 2.53. The number of rotatable bonds is 3. The second kappa shape index (κ2) is 5.75. The number of carbonyl (C=O) groups is 1. The number of hydrogen-bond donors (Lipinski definition) is 0. The number of halogens is 2. The van der Waals surface area contributed by atoms with Gasteiger partial charge in [-0.05, 0) is 18.2 Å². The zero-order valence-electron chi connectivity index (χ0n) is 10.4. The number of ether oxygens (including phenoxy) is 2. The summed E-state index contributed by atoms with van der Waals surface area (Å²) in [6.07, 6.45) is 0. The Labute approximate surface area is 123 Å². The molecule has 0 aliphatic heterocycles. The van der Waals surface area contributed by atoms with E-state index in [2.05, 4.69) is 20.9 Å². The lowest BCUT2D eigenvalue weighted by molar-refractivity contribution is 0.0601. The Hall–Kier alpha value is -1.33. The molecule has 0 fully saturated rings. The van der Waals surface area contributed by atoms with Crippen LogP contribution in [0.1, 0.15) is 15.9 Å². The first-order valence-corrected chi connectivity index (χ1v) is 6.92. The third-order valence-corrected chi connectivity index (χ3v) is 3.72. The van der Waals surface area contributed by atoms with Crippen molar-refractivity contribution in [1.82, 2.24) is 4.98 Å². The van der Waals surface area contributed by atoms with E-state index < -0.39 is 5.97 Å². The van der Waals surface area contributed by atoms with Crippen LogP contribution < -0.4 is 4.74 Å². The van der Waals surface area contributed by atoms with Crippen molar-refractivity contribution in [1.29, 1.82) is 0 Å². The van der Waals surface area contributed by atoms with Crippen molar-refractivity contribution in [3.63, 3.8) is 0 Å². The van der Waals surface area contributed by atoms with Gasteiger partial charge in [0.1, 0.15) is 0 Å². The maximum absolute atomic E-state index is 11.5. The summed E-state index contributed by atoms with van der Waals surface area (Å²) < 4.78 is 9.90. The summed E-state index contributed by atoms with van der Waals surface area (Å²) in [5.41, 5.74) is 1.85. The lowest BCUT2D eigenvalue weighted by Gasteiger charge is -2.11. The molecular weight excluding hydrogens is 334 g/mol. The molecule has 0 unspecified atom stereocenters. The zero-order chi connectivity index (χ0) is 14.0. The topological polar surface area (TPSA) is 48.4 Å². The molecule has 0 amide bonds. The number of hydrogen-bond acceptors (Lipinski definition) is 4. The lowest BCUT2D eigenvalue weighted by atomic mass is 10.1. The number of aromatic nitrogens is 1. The normalized spacial score (nSPS) is 10.5. The Morgan fingerprint density at radius 2 is 2.16 bits per heavy atom. The SMILES string of the molecule is COC(=O)c1ccc2nc(OC)c(CBr)c(Cl)c2c1. The molecule has 0 saturated heterocycles. The van der Waals surface area contributed by atoms with E-state index in [1.807, 2.05) is 0 Å². The van der Waals surface area contributed by atoms with Crippen LogP contribution in [0.25, 0.3) is 10.9 Å². The molecule has 19 heavy (non-hydrogen) atoms. The van der Waals surface area contributed by atoms with Gasteiger partial charge in [-0.3, -0.25) is 0 Å². The van der Waals surface area contributed by atoms with E-state index in [-0.39, 0.29) is 0 Å². The van der Waals surface area contributed by atoms with Gasteiger partial charge in [-0.1, -0.05) is 27.5 Å². The summed E-state index contributed by atoms with van der Waals surface area (Å²) in [7, 11) is 2.88. The molecule has 0 aliphatic rings. The highest BCUT2D eigenvalue weighted by Gasteiger charge is 2.15. The molecule has 0 spiro atoms. The summed E-state index contributed by atoms with van der Waals surface area (Å²) in [5, 5.41) is 1.73. The first-order valence-electron chi connectivity index (χ1n) is 5.42. The Kier molecular flexibility index (Phi) is 4.27. The van der Waals surface area contributed by atoms with Crippen LogP contribution in [0.2, 0.25) is 5.02 Å². The van der Waals surface area contributed by atoms with Crippen molar-refractivity contribution in [3.05, 3.63) is 34.3 Å². The molecule has 0 aliphatic carbocycles. The van der Waals surface area contributed by atoms with E-state index in [0.29, 0.717) is 32.7 Å². The van der Waals surface area contributed by atoms with Gasteiger partial charge in [-0.25, -0.2) is 9.78 Å². The monoisotopic (exact) mass is 343 g/mol. The second-order valence-corrected chi connectivity index (χ2v) is 4.71. The Morgan fingerprint density at radius 3 is 2.74 bits per heavy atom. The van der Waals surface area contributed by atoms with Gasteiger partial charge < -0.3 is 9.47 Å². The van der Waals surface area contributed by atoms with E-state index >= 15 is 0 Å². The van der Waals surface area contributed by atoms with Crippen molar-refractivity contribution >= 4 is 44.4 Å². The summed E-state index contributed by atoms with van der Waals surface area (Å²) in [6, 6.07) is 5.03. The molecule has 0 radical (unpaired) electrons. The van der Waals surface area contributed by atoms with Gasteiger partial charge in [-0.15, -0.1) is 0 Å². The van der Waals surface area contributed by atoms with Crippen LogP contribution in [0.5, 0.6) is 5.88 Å². The predicted molar refractivity (Wildman–Crippen MR) is 77.3 cm³/mol. The lowest BCUT2D eigenvalue weighted by Crippen LogP contribution is -2.02. The molecule has 0 saturated carbocycles. The number of fused-ring (bicyclic) bond motifs is 1. The molecule has 0 bridgehead atoms. The smallest absolute Gasteiger partial charge is 0.337 e. The first-order chi connectivity index (χ1) is 9.12. The molecule has 2 aromatic rings. The highest BCUT2D eigenvalue weighted by Crippen LogP contribution is 2.34. The number of carbonyl (C=O) groups excluding carboxylic acids is 1. The fourth-order valence-corrected chi connectivity index (χ4v) is 2.75. The van der Waals surface area contributed by atoms with Crippen LogP contribution >= 0.6 is 27.5 Å². The van der Waals surface area contributed by atoms with Crippen molar-refractivity contribution in [3.8, 4) is 5.88 Å². The average molecular weight is 345 g/mol. The first kappa shape index (κ1) is 14.1. The van der Waals surface area contributed by atoms with E-state index in [1.54, 1.807) is 25.3 Å². The van der Waals surface area contributed by atoms with Crippen LogP contribution in [-0.4, -0.2) is 25.2 Å². The fourth-order valence-electron chi connectivity index (χ4n) is 1.77. The molecule has 1 aromatic heterocycles. The predicted octanol–water partition coefficient (Wildman–Crippen LogP) is 3.58. The van der Waals surface area contributed by atoms with Crippen LogP contribution in [0.3, 0.4) is 0 Å². The molecule has 2 rings (SSSR count). The molecule has 0 atom stereocenters. The average Bonchev–Trinajstić information content (AvgIpc) is 2.45. The molecule has 100 valence electrons. The summed E-state index contributed by atoms with van der Waals surface area (Å²) in [6.45, 7) is 0. The van der Waals surface area contributed by atoms with E-state index in [9.17, 15) is 4.79 Å². The molecule has 1 heterocycles. The largest absolute Gasteiger partial charge is 0.481 e. The molecule has 4 nitrogen and oxygen atoms in total. The van der Waals surface area contributed by atoms with E-state index in [1.165, 1.54) is 7.11 Å². The van der Waals surface area contributed by atoms with Gasteiger partial charge >= 0.3 is 5.97 Å². The molecule has 1 aromatic carbocycles. The maximum atomic E-state index is 11.5. The number of methoxy groups -OCH3 is 2. The van der Waals surface area contributed by atoms with Crippen LogP contribution in [-0.2, 0) is 10.1 Å². The zero-order valence-corrected chi connectivity index (χ0v) is 12.7. The van der Waals surface area contributed by atoms with Crippen molar-refractivity contribution < 1.29 is 14.3 Å². The summed E-state index contributed by atoms with van der Waals surface area (Å²) in [4.78, 5) is 15.9. The van der Waals surface area contributed by atoms with Crippen LogP contribution in [0, 0.1) is 0 Å². The molecule has 0 N–H and O–H groups in total. The minimum atomic E-state index is -0.408. The van der Waals surface area contributed by atoms with Crippen molar-refractivity contribution in [2.45, 2.75) is 5.33 Å². The van der Waals surface area contributed by atoms with Gasteiger partial charge in [0.15, 0.2) is 0 Å². The Morgan fingerprint density at radius 1 is 1.42 bits per heavy atom. The van der Waals surface area contributed by atoms with Gasteiger partial charge in [0.05, 0.1) is 30.3 Å². The Balaban J connectivity index is 2.72. The van der Waals surface area contributed by atoms with Gasteiger partial charge in [-0.2, -0.15) is 0 Å². The van der Waals surface area contributed by atoms with Crippen molar-refractivity contribution in [2.75, 3.05) is 14.2 Å². The highest BCUT2D eigenvalue weighted by molar-refractivity contribution is 9.08. The number of esters is 1.